The molecule has 1 aromatic rings. The summed E-state index contributed by atoms with van der Waals surface area (Å²) >= 11 is 0. The average Bonchev–Trinajstić information content (AvgIpc) is 2.89. The molecule has 1 aromatic heterocycles. The zero-order valence-corrected chi connectivity index (χ0v) is 25.9. The molecule has 3 aliphatic carbocycles. The summed E-state index contributed by atoms with van der Waals surface area (Å²) in [6.45, 7) is 17.0. The van der Waals surface area contributed by atoms with Crippen LogP contribution in [0, 0.1) is 42.4 Å². The van der Waals surface area contributed by atoms with E-state index in [0.29, 0.717) is 41.6 Å². The first-order valence-corrected chi connectivity index (χ1v) is 15.7. The van der Waals surface area contributed by atoms with Gasteiger partial charge in [-0.3, -0.25) is 4.79 Å². The number of hydrogen-bond acceptors (Lipinski definition) is 5. The summed E-state index contributed by atoms with van der Waals surface area (Å²) in [5, 5.41) is 10.9. The van der Waals surface area contributed by atoms with E-state index in [1.54, 1.807) is 13.8 Å². The zero-order valence-electron chi connectivity index (χ0n) is 25.9. The second-order valence-corrected chi connectivity index (χ2v) is 14.0. The van der Waals surface area contributed by atoms with Gasteiger partial charge in [0, 0.05) is 17.4 Å². The van der Waals surface area contributed by atoms with E-state index in [9.17, 15) is 14.7 Å². The minimum atomic E-state index is -0.448. The lowest BCUT2D eigenvalue weighted by atomic mass is 9.45. The van der Waals surface area contributed by atoms with E-state index in [0.717, 1.165) is 56.9 Å². The molecule has 1 heterocycles. The topological polar surface area (TPSA) is 76.7 Å². The Morgan fingerprint density at radius 3 is 2.50 bits per heavy atom. The van der Waals surface area contributed by atoms with Crippen molar-refractivity contribution in [3.8, 4) is 5.75 Å². The summed E-state index contributed by atoms with van der Waals surface area (Å²) in [5.74, 6) is 1.31. The van der Waals surface area contributed by atoms with Crippen LogP contribution in [0.4, 0.5) is 0 Å². The molecule has 40 heavy (non-hydrogen) atoms. The molecule has 0 unspecified atom stereocenters. The van der Waals surface area contributed by atoms with Crippen LogP contribution in [0.25, 0.3) is 0 Å². The van der Waals surface area contributed by atoms with Crippen molar-refractivity contribution in [2.24, 2.45) is 28.6 Å². The fourth-order valence-corrected chi connectivity index (χ4v) is 8.53. The second kappa shape index (κ2) is 12.3. The highest BCUT2D eigenvalue weighted by atomic mass is 16.5. The van der Waals surface area contributed by atoms with Crippen LogP contribution >= 0.6 is 0 Å². The van der Waals surface area contributed by atoms with Gasteiger partial charge in [0.25, 0.3) is 0 Å². The predicted molar refractivity (Wildman–Crippen MR) is 160 cm³/mol. The van der Waals surface area contributed by atoms with Crippen LogP contribution in [0.2, 0.25) is 0 Å². The van der Waals surface area contributed by atoms with Crippen LogP contribution < -0.4 is 5.63 Å². The zero-order chi connectivity index (χ0) is 29.2. The predicted octanol–water partition coefficient (Wildman–Crippen LogP) is 8.52. The lowest BCUT2D eigenvalue weighted by Gasteiger charge is -2.61. The number of ether oxygens (including phenoxy) is 1. The minimum Gasteiger partial charge on any atom is -0.507 e. The van der Waals surface area contributed by atoms with E-state index in [-0.39, 0.29) is 34.6 Å². The Hall–Kier alpha value is -2.30. The van der Waals surface area contributed by atoms with Gasteiger partial charge in [-0.15, -0.1) is 0 Å². The van der Waals surface area contributed by atoms with Crippen LogP contribution in [0.3, 0.4) is 0 Å². The molecular formula is C35H52O5. The number of fused-ring (bicyclic) bond motifs is 1. The van der Waals surface area contributed by atoms with E-state index >= 15 is 0 Å². The molecule has 0 spiro atoms. The van der Waals surface area contributed by atoms with Gasteiger partial charge in [0.2, 0.25) is 0 Å². The highest BCUT2D eigenvalue weighted by Crippen LogP contribution is 2.63. The van der Waals surface area contributed by atoms with Gasteiger partial charge in [-0.05, 0) is 109 Å². The molecule has 5 atom stereocenters. The van der Waals surface area contributed by atoms with Crippen molar-refractivity contribution in [1.82, 2.24) is 0 Å². The van der Waals surface area contributed by atoms with Crippen molar-refractivity contribution in [3.63, 3.8) is 0 Å². The van der Waals surface area contributed by atoms with Gasteiger partial charge in [0.05, 0.1) is 5.56 Å². The number of allylic oxidation sites excluding steroid dienone is 3. The molecule has 1 N–H and O–H groups in total. The fourth-order valence-electron chi connectivity index (χ4n) is 8.53. The molecule has 0 aliphatic heterocycles. The molecule has 5 heteroatoms. The van der Waals surface area contributed by atoms with E-state index in [1.165, 1.54) is 24.8 Å². The molecular weight excluding hydrogens is 500 g/mol. The number of hydrogen-bond donors (Lipinski definition) is 1. The molecule has 0 saturated heterocycles. The first-order valence-electron chi connectivity index (χ1n) is 15.7. The van der Waals surface area contributed by atoms with Gasteiger partial charge in [-0.25, -0.2) is 4.79 Å². The number of carbonyl (C=O) groups is 1. The van der Waals surface area contributed by atoms with E-state index < -0.39 is 5.63 Å². The molecule has 0 radical (unpaired) electrons. The summed E-state index contributed by atoms with van der Waals surface area (Å²) in [5.41, 5.74) is 2.68. The maximum absolute atomic E-state index is 13.3. The molecule has 4 rings (SSSR count). The third-order valence-corrected chi connectivity index (χ3v) is 11.1. The first-order chi connectivity index (χ1) is 18.9. The number of esters is 1. The molecule has 222 valence electrons. The summed E-state index contributed by atoms with van der Waals surface area (Å²) in [7, 11) is 0. The standard InChI is InChI=1S/C35H52O5/c1-22(2)12-11-18-35(7)29-16-15-23(3)28(21-27-32(37)24(4)25(5)39-33(27)38)34(29,6)19-17-30(35)40-31(36)20-26-13-9-8-10-14-26/h12,26,28-30,37H,3,8-11,13-21H2,1-2,4-7H3/t28-,29-,30+,34-,35+/m1/s1. The Kier molecular flexibility index (Phi) is 9.42. The molecule has 3 aliphatic rings. The number of carbonyl (C=O) groups excluding carboxylic acids is 1. The summed E-state index contributed by atoms with van der Waals surface area (Å²) < 4.78 is 11.9. The van der Waals surface area contributed by atoms with Gasteiger partial charge in [0.15, 0.2) is 0 Å². The fraction of sp³-hybridized carbons (Fsp3) is 0.714. The lowest BCUT2D eigenvalue weighted by molar-refractivity contribution is -0.182. The maximum atomic E-state index is 13.3. The Morgan fingerprint density at radius 2 is 1.82 bits per heavy atom. The molecule has 0 aromatic carbocycles. The monoisotopic (exact) mass is 552 g/mol. The van der Waals surface area contributed by atoms with Crippen LogP contribution in [-0.4, -0.2) is 17.2 Å². The van der Waals surface area contributed by atoms with Crippen molar-refractivity contribution in [2.45, 2.75) is 131 Å². The van der Waals surface area contributed by atoms with E-state index in [4.69, 9.17) is 9.15 Å². The minimum absolute atomic E-state index is 0.0247. The Balaban J connectivity index is 1.63. The van der Waals surface area contributed by atoms with Crippen LogP contribution in [0.1, 0.15) is 122 Å². The van der Waals surface area contributed by atoms with Crippen molar-refractivity contribution in [1.29, 1.82) is 0 Å². The quantitative estimate of drug-likeness (QED) is 0.258. The summed E-state index contributed by atoms with van der Waals surface area (Å²) in [6.07, 6.45) is 14.7. The number of aryl methyl sites for hydroxylation is 1. The highest BCUT2D eigenvalue weighted by molar-refractivity contribution is 5.70. The SMILES string of the molecule is C=C1CC[C@H]2[C@](C)(CCC=C(C)C)[C@@H](OC(=O)CC3CCCCC3)CC[C@]2(C)[C@@H]1Cc1c(O)c(C)c(C)oc1=O. The Morgan fingerprint density at radius 1 is 1.12 bits per heavy atom. The molecule has 3 saturated carbocycles. The van der Waals surface area contributed by atoms with Gasteiger partial charge in [-0.2, -0.15) is 0 Å². The Labute approximate surface area is 241 Å². The molecule has 5 nitrogen and oxygen atoms in total. The third-order valence-electron chi connectivity index (χ3n) is 11.1. The van der Waals surface area contributed by atoms with Crippen molar-refractivity contribution < 1.29 is 19.1 Å². The van der Waals surface area contributed by atoms with Crippen LogP contribution in [-0.2, 0) is 16.0 Å². The summed E-state index contributed by atoms with van der Waals surface area (Å²) in [6, 6.07) is 0. The largest absolute Gasteiger partial charge is 0.507 e. The first kappa shape index (κ1) is 30.7. The van der Waals surface area contributed by atoms with Crippen molar-refractivity contribution >= 4 is 5.97 Å². The van der Waals surface area contributed by atoms with E-state index in [2.05, 4.69) is 40.3 Å². The molecule has 3 fully saturated rings. The van der Waals surface area contributed by atoms with Gasteiger partial charge < -0.3 is 14.3 Å². The molecule has 0 bridgehead atoms. The number of aromatic hydroxyl groups is 1. The van der Waals surface area contributed by atoms with Crippen molar-refractivity contribution in [2.75, 3.05) is 0 Å². The van der Waals surface area contributed by atoms with Crippen molar-refractivity contribution in [3.05, 3.63) is 51.1 Å². The van der Waals surface area contributed by atoms with Gasteiger partial charge in [-0.1, -0.05) is 56.9 Å². The van der Waals surface area contributed by atoms with E-state index in [1.807, 2.05) is 0 Å². The normalized spacial score (nSPS) is 30.9. The maximum Gasteiger partial charge on any atom is 0.342 e. The smallest absolute Gasteiger partial charge is 0.342 e. The van der Waals surface area contributed by atoms with Gasteiger partial charge in [0.1, 0.15) is 17.6 Å². The molecule has 0 amide bonds. The average molecular weight is 553 g/mol. The Bertz CT molecular complexity index is 1180. The van der Waals surface area contributed by atoms with Crippen LogP contribution in [0.15, 0.2) is 33.0 Å². The number of rotatable bonds is 8. The summed E-state index contributed by atoms with van der Waals surface area (Å²) in [4.78, 5) is 26.2. The second-order valence-electron chi connectivity index (χ2n) is 14.0. The van der Waals surface area contributed by atoms with Gasteiger partial charge >= 0.3 is 11.6 Å². The van der Waals surface area contributed by atoms with Crippen LogP contribution in [0.5, 0.6) is 5.75 Å². The lowest BCUT2D eigenvalue weighted by Crippen LogP contribution is -2.57. The highest BCUT2D eigenvalue weighted by Gasteiger charge is 2.58. The third kappa shape index (κ3) is 6.14.